The van der Waals surface area contributed by atoms with Crippen LogP contribution in [0.15, 0.2) is 24.3 Å². The molecule has 1 saturated carbocycles. The Hall–Kier alpha value is -2.70. The molecule has 1 fully saturated rings. The molecule has 25 heavy (non-hydrogen) atoms. The van der Waals surface area contributed by atoms with Gasteiger partial charge in [0.15, 0.2) is 5.82 Å². The third kappa shape index (κ3) is 2.90. The van der Waals surface area contributed by atoms with E-state index in [2.05, 4.69) is 37.7 Å². The van der Waals surface area contributed by atoms with Gasteiger partial charge in [-0.25, -0.2) is 9.97 Å². The largest absolute Gasteiger partial charge is 0.466 e. The van der Waals surface area contributed by atoms with Crippen LogP contribution in [0.1, 0.15) is 43.7 Å². The average Bonchev–Trinajstić information content (AvgIpc) is 3.16. The van der Waals surface area contributed by atoms with E-state index in [1.54, 1.807) is 0 Å². The molecule has 1 N–H and O–H groups in total. The highest BCUT2D eigenvalue weighted by molar-refractivity contribution is 5.77. The maximum Gasteiger partial charge on any atom is 0.309 e. The number of fused-ring (bicyclic) bond motifs is 1. The number of para-hydroxylation sites is 2. The van der Waals surface area contributed by atoms with E-state index in [-0.39, 0.29) is 17.8 Å². The van der Waals surface area contributed by atoms with E-state index in [1.807, 2.05) is 25.1 Å². The number of H-pyrrole nitrogens is 1. The van der Waals surface area contributed by atoms with Crippen molar-refractivity contribution in [1.29, 1.82) is 0 Å². The lowest BCUT2D eigenvalue weighted by Crippen LogP contribution is -2.07. The number of hydrogen-bond acceptors (Lipinski definition) is 5. The Kier molecular flexibility index (Phi) is 3.99. The molecule has 1 aliphatic rings. The summed E-state index contributed by atoms with van der Waals surface area (Å²) >= 11 is 0. The molecule has 0 amide bonds. The van der Waals surface area contributed by atoms with Gasteiger partial charge in [-0.1, -0.05) is 19.1 Å². The first-order valence-corrected chi connectivity index (χ1v) is 8.73. The van der Waals surface area contributed by atoms with Crippen LogP contribution >= 0.6 is 0 Å². The van der Waals surface area contributed by atoms with Crippen LogP contribution < -0.4 is 0 Å². The molecule has 7 nitrogen and oxygen atoms in total. The number of aromatic amines is 1. The van der Waals surface area contributed by atoms with Crippen LogP contribution in [0.5, 0.6) is 0 Å². The number of imidazole rings is 1. The molecule has 0 saturated heterocycles. The van der Waals surface area contributed by atoms with E-state index >= 15 is 0 Å². The van der Waals surface area contributed by atoms with Gasteiger partial charge >= 0.3 is 5.97 Å². The third-order valence-corrected chi connectivity index (χ3v) is 4.62. The Balaban J connectivity index is 1.54. The zero-order chi connectivity index (χ0) is 17.4. The summed E-state index contributed by atoms with van der Waals surface area (Å²) in [7, 11) is 0. The quantitative estimate of drug-likeness (QED) is 0.697. The van der Waals surface area contributed by atoms with Gasteiger partial charge < -0.3 is 9.30 Å². The van der Waals surface area contributed by atoms with Crippen LogP contribution in [-0.4, -0.2) is 37.3 Å². The summed E-state index contributed by atoms with van der Waals surface area (Å²) in [6.07, 6.45) is 1.62. The Morgan fingerprint density at radius 3 is 2.96 bits per heavy atom. The molecule has 0 radical (unpaired) electrons. The highest BCUT2D eigenvalue weighted by atomic mass is 16.5. The average molecular weight is 339 g/mol. The normalized spacial score (nSPS) is 19.3. The van der Waals surface area contributed by atoms with Gasteiger partial charge in [-0.05, 0) is 25.5 Å². The van der Waals surface area contributed by atoms with Gasteiger partial charge in [0.05, 0.1) is 30.1 Å². The number of ether oxygens (including phenoxy) is 1. The summed E-state index contributed by atoms with van der Waals surface area (Å²) in [6, 6.07) is 8.09. The van der Waals surface area contributed by atoms with Crippen molar-refractivity contribution in [3.63, 3.8) is 0 Å². The zero-order valence-corrected chi connectivity index (χ0v) is 14.4. The van der Waals surface area contributed by atoms with E-state index in [0.29, 0.717) is 19.0 Å². The number of benzene rings is 1. The van der Waals surface area contributed by atoms with E-state index in [1.165, 1.54) is 0 Å². The van der Waals surface area contributed by atoms with Gasteiger partial charge in [0.1, 0.15) is 11.6 Å². The highest BCUT2D eigenvalue weighted by Gasteiger charge is 2.47. The topological polar surface area (TPSA) is 85.7 Å². The lowest BCUT2D eigenvalue weighted by Gasteiger charge is -2.05. The highest BCUT2D eigenvalue weighted by Crippen LogP contribution is 2.46. The van der Waals surface area contributed by atoms with Gasteiger partial charge in [0.2, 0.25) is 0 Å². The number of aryl methyl sites for hydroxylation is 1. The fourth-order valence-electron chi connectivity index (χ4n) is 3.26. The van der Waals surface area contributed by atoms with Crippen LogP contribution in [0.2, 0.25) is 0 Å². The molecule has 0 spiro atoms. The molecule has 2 heterocycles. The van der Waals surface area contributed by atoms with E-state index in [9.17, 15) is 4.79 Å². The Bertz CT molecular complexity index is 913. The molecule has 2 atom stereocenters. The summed E-state index contributed by atoms with van der Waals surface area (Å²) in [5.41, 5.74) is 2.08. The molecule has 7 heteroatoms. The summed E-state index contributed by atoms with van der Waals surface area (Å²) < 4.78 is 7.23. The number of esters is 1. The number of hydrogen-bond donors (Lipinski definition) is 1. The Morgan fingerprint density at radius 1 is 1.32 bits per heavy atom. The standard InChI is InChI=1S/C18H21N5O2/c1-3-16-19-13-7-5-6-8-14(13)23(16)10-15-20-17(22-21-15)11-9-12(11)18(24)25-4-2/h5-8,11-12H,3-4,9-10H2,1-2H3,(H,20,21,22)/t11-,12-/m1/s1. The maximum absolute atomic E-state index is 11.8. The minimum Gasteiger partial charge on any atom is -0.466 e. The number of aromatic nitrogens is 5. The first-order chi connectivity index (χ1) is 12.2. The number of rotatable bonds is 6. The van der Waals surface area contributed by atoms with Crippen molar-refractivity contribution in [3.8, 4) is 0 Å². The van der Waals surface area contributed by atoms with E-state index in [0.717, 1.165) is 35.5 Å². The van der Waals surface area contributed by atoms with E-state index < -0.39 is 0 Å². The first-order valence-electron chi connectivity index (χ1n) is 8.73. The van der Waals surface area contributed by atoms with E-state index in [4.69, 9.17) is 4.74 Å². The predicted octanol–water partition coefficient (Wildman–Crippen LogP) is 2.43. The fourth-order valence-corrected chi connectivity index (χ4v) is 3.26. The van der Waals surface area contributed by atoms with Crippen molar-refractivity contribution in [2.24, 2.45) is 5.92 Å². The van der Waals surface area contributed by atoms with Gasteiger partial charge in [-0.15, -0.1) is 0 Å². The summed E-state index contributed by atoms with van der Waals surface area (Å²) in [5, 5.41) is 7.32. The van der Waals surface area contributed by atoms with Crippen LogP contribution in [0.3, 0.4) is 0 Å². The summed E-state index contributed by atoms with van der Waals surface area (Å²) in [5.74, 6) is 2.35. The monoisotopic (exact) mass is 339 g/mol. The SMILES string of the molecule is CCOC(=O)[C@@H]1C[C@H]1c1n[nH]c(Cn2c(CC)nc3ccccc32)n1. The van der Waals surface area contributed by atoms with Crippen LogP contribution in [0.25, 0.3) is 11.0 Å². The van der Waals surface area contributed by atoms with Crippen molar-refractivity contribution in [1.82, 2.24) is 24.7 Å². The molecular weight excluding hydrogens is 318 g/mol. The van der Waals surface area contributed by atoms with Gasteiger partial charge in [0.25, 0.3) is 0 Å². The molecule has 0 aliphatic heterocycles. The zero-order valence-electron chi connectivity index (χ0n) is 14.4. The number of carbonyl (C=O) groups is 1. The van der Waals surface area contributed by atoms with Crippen molar-refractivity contribution < 1.29 is 9.53 Å². The second-order valence-electron chi connectivity index (χ2n) is 6.30. The lowest BCUT2D eigenvalue weighted by molar-refractivity contribution is -0.144. The predicted molar refractivity (Wildman–Crippen MR) is 92.1 cm³/mol. The van der Waals surface area contributed by atoms with Crippen molar-refractivity contribution in [2.75, 3.05) is 6.61 Å². The first kappa shape index (κ1) is 15.8. The molecule has 2 aromatic heterocycles. The van der Waals surface area contributed by atoms with Crippen LogP contribution in [-0.2, 0) is 22.5 Å². The Morgan fingerprint density at radius 2 is 2.16 bits per heavy atom. The van der Waals surface area contributed by atoms with Crippen LogP contribution in [0.4, 0.5) is 0 Å². The fraction of sp³-hybridized carbons (Fsp3) is 0.444. The van der Waals surface area contributed by atoms with Gasteiger partial charge in [-0.3, -0.25) is 9.89 Å². The number of carbonyl (C=O) groups excluding carboxylic acids is 1. The maximum atomic E-state index is 11.8. The minimum atomic E-state index is -0.146. The second-order valence-corrected chi connectivity index (χ2v) is 6.30. The number of nitrogens with zero attached hydrogens (tertiary/aromatic N) is 4. The molecule has 1 aromatic carbocycles. The molecular formula is C18H21N5O2. The minimum absolute atomic E-state index is 0.0780. The smallest absolute Gasteiger partial charge is 0.309 e. The van der Waals surface area contributed by atoms with Gasteiger partial charge in [-0.2, -0.15) is 5.10 Å². The second kappa shape index (κ2) is 6.31. The molecule has 0 unspecified atom stereocenters. The molecule has 4 rings (SSSR count). The van der Waals surface area contributed by atoms with Crippen molar-refractivity contribution in [2.45, 2.75) is 39.2 Å². The van der Waals surface area contributed by atoms with Crippen LogP contribution in [0, 0.1) is 5.92 Å². The van der Waals surface area contributed by atoms with Crippen molar-refractivity contribution >= 4 is 17.0 Å². The number of nitrogens with one attached hydrogen (secondary N) is 1. The molecule has 1 aliphatic carbocycles. The van der Waals surface area contributed by atoms with Gasteiger partial charge in [0, 0.05) is 12.3 Å². The summed E-state index contributed by atoms with van der Waals surface area (Å²) in [6.45, 7) is 4.92. The third-order valence-electron chi connectivity index (χ3n) is 4.62. The molecule has 130 valence electrons. The molecule has 0 bridgehead atoms. The van der Waals surface area contributed by atoms with Crippen molar-refractivity contribution in [3.05, 3.63) is 41.7 Å². The molecule has 3 aromatic rings. The lowest BCUT2D eigenvalue weighted by atomic mass is 10.3. The summed E-state index contributed by atoms with van der Waals surface area (Å²) in [4.78, 5) is 21.1. The Labute approximate surface area is 145 Å².